The van der Waals surface area contributed by atoms with Crippen molar-refractivity contribution in [1.29, 1.82) is 0 Å². The maximum atomic E-state index is 4.13. The summed E-state index contributed by atoms with van der Waals surface area (Å²) in [6, 6.07) is 10.3. The van der Waals surface area contributed by atoms with Gasteiger partial charge in [-0.2, -0.15) is 0 Å². The molecule has 2 nitrogen and oxygen atoms in total. The fourth-order valence-electron chi connectivity index (χ4n) is 1.35. The smallest absolute Gasteiger partial charge is 0.0478 e. The van der Waals surface area contributed by atoms with Gasteiger partial charge >= 0.3 is 0 Å². The average Bonchev–Trinajstić information content (AvgIpc) is 2.28. The fourth-order valence-corrected chi connectivity index (χ4v) is 2.34. The fraction of sp³-hybridized carbons (Fsp3) is 0.0833. The van der Waals surface area contributed by atoms with Crippen LogP contribution in [0.2, 0.25) is 0 Å². The van der Waals surface area contributed by atoms with E-state index in [-0.39, 0.29) is 0 Å². The van der Waals surface area contributed by atoms with Crippen molar-refractivity contribution in [1.82, 2.24) is 4.98 Å². The third-order valence-corrected chi connectivity index (χ3v) is 3.49. The van der Waals surface area contributed by atoms with Crippen molar-refractivity contribution < 1.29 is 0 Å². The molecule has 0 fully saturated rings. The second-order valence-corrected chi connectivity index (χ2v) is 5.42. The number of hydrogen-bond donors (Lipinski definition) is 1. The first kappa shape index (κ1) is 11.9. The van der Waals surface area contributed by atoms with Gasteiger partial charge < -0.3 is 5.32 Å². The lowest BCUT2D eigenvalue weighted by Gasteiger charge is -2.08. The van der Waals surface area contributed by atoms with Gasteiger partial charge in [0.05, 0.1) is 0 Å². The standard InChI is InChI=1S/C12H10BrIN2/c13-10-5-9(6-15-8-10)7-16-12-4-2-1-3-11(12)14/h1-6,8,16H,7H2. The number of nitrogens with one attached hydrogen (secondary N) is 1. The molecule has 0 aliphatic rings. The van der Waals surface area contributed by atoms with Gasteiger partial charge in [0.25, 0.3) is 0 Å². The van der Waals surface area contributed by atoms with Crippen molar-refractivity contribution in [2.75, 3.05) is 5.32 Å². The third-order valence-electron chi connectivity index (χ3n) is 2.12. The zero-order chi connectivity index (χ0) is 11.4. The van der Waals surface area contributed by atoms with Crippen LogP contribution in [0.15, 0.2) is 47.2 Å². The quantitative estimate of drug-likeness (QED) is 0.802. The maximum Gasteiger partial charge on any atom is 0.0478 e. The molecule has 0 radical (unpaired) electrons. The summed E-state index contributed by atoms with van der Waals surface area (Å²) in [6.07, 6.45) is 3.66. The molecule has 1 heterocycles. The van der Waals surface area contributed by atoms with Crippen molar-refractivity contribution in [3.63, 3.8) is 0 Å². The predicted octanol–water partition coefficient (Wildman–Crippen LogP) is 4.06. The first-order valence-corrected chi connectivity index (χ1v) is 6.71. The lowest BCUT2D eigenvalue weighted by molar-refractivity contribution is 1.10. The van der Waals surface area contributed by atoms with E-state index in [9.17, 15) is 0 Å². The molecule has 0 saturated carbocycles. The van der Waals surface area contributed by atoms with E-state index >= 15 is 0 Å². The van der Waals surface area contributed by atoms with Gasteiger partial charge in [-0.05, 0) is 62.3 Å². The van der Waals surface area contributed by atoms with Gasteiger partial charge in [-0.25, -0.2) is 0 Å². The highest BCUT2D eigenvalue weighted by Gasteiger charge is 1.98. The number of anilines is 1. The van der Waals surface area contributed by atoms with E-state index in [1.807, 2.05) is 18.3 Å². The summed E-state index contributed by atoms with van der Waals surface area (Å²) < 4.78 is 2.23. The SMILES string of the molecule is Brc1cncc(CNc2ccccc2I)c1. The molecule has 1 aromatic carbocycles. The van der Waals surface area contributed by atoms with Gasteiger partial charge in [0.1, 0.15) is 0 Å². The molecular weight excluding hydrogens is 379 g/mol. The van der Waals surface area contributed by atoms with Crippen molar-refractivity contribution in [2.24, 2.45) is 0 Å². The average molecular weight is 389 g/mol. The molecule has 16 heavy (non-hydrogen) atoms. The summed E-state index contributed by atoms with van der Waals surface area (Å²) in [4.78, 5) is 4.13. The second kappa shape index (κ2) is 5.63. The zero-order valence-corrected chi connectivity index (χ0v) is 12.2. The van der Waals surface area contributed by atoms with Crippen LogP contribution in [0, 0.1) is 3.57 Å². The Labute approximate surface area is 117 Å². The van der Waals surface area contributed by atoms with E-state index in [0.717, 1.165) is 22.3 Å². The van der Waals surface area contributed by atoms with Crippen molar-refractivity contribution in [3.05, 3.63) is 56.3 Å². The first-order chi connectivity index (χ1) is 7.75. The maximum absolute atomic E-state index is 4.13. The Bertz CT molecular complexity index is 488. The molecule has 0 amide bonds. The van der Waals surface area contributed by atoms with Crippen LogP contribution < -0.4 is 5.32 Å². The van der Waals surface area contributed by atoms with Gasteiger partial charge in [-0.15, -0.1) is 0 Å². The Morgan fingerprint density at radius 3 is 2.81 bits per heavy atom. The number of halogens is 2. The number of nitrogens with zero attached hydrogens (tertiary/aromatic N) is 1. The molecule has 0 spiro atoms. The molecule has 0 atom stereocenters. The predicted molar refractivity (Wildman–Crippen MR) is 78.4 cm³/mol. The van der Waals surface area contributed by atoms with Crippen LogP contribution in [0.25, 0.3) is 0 Å². The van der Waals surface area contributed by atoms with E-state index in [4.69, 9.17) is 0 Å². The molecule has 0 aliphatic heterocycles. The van der Waals surface area contributed by atoms with Crippen LogP contribution in [0.5, 0.6) is 0 Å². The minimum atomic E-state index is 0.784. The summed E-state index contributed by atoms with van der Waals surface area (Å²) in [5, 5.41) is 3.39. The van der Waals surface area contributed by atoms with Gasteiger partial charge in [0.2, 0.25) is 0 Å². The number of rotatable bonds is 3. The molecule has 1 aromatic heterocycles. The Morgan fingerprint density at radius 1 is 1.25 bits per heavy atom. The molecule has 0 bridgehead atoms. The van der Waals surface area contributed by atoms with Crippen LogP contribution in [-0.2, 0) is 6.54 Å². The lowest BCUT2D eigenvalue weighted by atomic mass is 10.2. The highest BCUT2D eigenvalue weighted by molar-refractivity contribution is 14.1. The van der Waals surface area contributed by atoms with E-state index in [1.165, 1.54) is 3.57 Å². The van der Waals surface area contributed by atoms with Gasteiger partial charge in [-0.1, -0.05) is 12.1 Å². The van der Waals surface area contributed by atoms with E-state index in [2.05, 4.69) is 67.0 Å². The monoisotopic (exact) mass is 388 g/mol. The van der Waals surface area contributed by atoms with Gasteiger partial charge in [0, 0.05) is 32.7 Å². The Morgan fingerprint density at radius 2 is 2.06 bits per heavy atom. The lowest BCUT2D eigenvalue weighted by Crippen LogP contribution is -2.01. The van der Waals surface area contributed by atoms with Crippen LogP contribution in [0.1, 0.15) is 5.56 Å². The van der Waals surface area contributed by atoms with E-state index in [0.29, 0.717) is 0 Å². The normalized spacial score (nSPS) is 10.1. The Kier molecular flexibility index (Phi) is 4.17. The van der Waals surface area contributed by atoms with E-state index < -0.39 is 0 Å². The van der Waals surface area contributed by atoms with Gasteiger partial charge in [-0.3, -0.25) is 4.98 Å². The molecule has 4 heteroatoms. The Hall–Kier alpha value is -0.620. The van der Waals surface area contributed by atoms with Crippen LogP contribution in [-0.4, -0.2) is 4.98 Å². The number of para-hydroxylation sites is 1. The van der Waals surface area contributed by atoms with Crippen molar-refractivity contribution in [2.45, 2.75) is 6.54 Å². The van der Waals surface area contributed by atoms with E-state index in [1.54, 1.807) is 6.20 Å². The molecule has 82 valence electrons. The first-order valence-electron chi connectivity index (χ1n) is 4.83. The molecule has 2 rings (SSSR count). The third kappa shape index (κ3) is 3.18. The number of hydrogen-bond acceptors (Lipinski definition) is 2. The van der Waals surface area contributed by atoms with Crippen LogP contribution >= 0.6 is 38.5 Å². The molecule has 0 unspecified atom stereocenters. The summed E-state index contributed by atoms with van der Waals surface area (Å²) in [5.41, 5.74) is 2.32. The largest absolute Gasteiger partial charge is 0.380 e. The molecule has 0 saturated heterocycles. The highest BCUT2D eigenvalue weighted by atomic mass is 127. The minimum absolute atomic E-state index is 0.784. The topological polar surface area (TPSA) is 24.9 Å². The molecule has 0 aliphatic carbocycles. The number of benzene rings is 1. The minimum Gasteiger partial charge on any atom is -0.380 e. The Balaban J connectivity index is 2.05. The number of aromatic nitrogens is 1. The molecule has 2 aromatic rings. The molecule has 1 N–H and O–H groups in total. The van der Waals surface area contributed by atoms with Crippen LogP contribution in [0.3, 0.4) is 0 Å². The summed E-state index contributed by atoms with van der Waals surface area (Å²) in [7, 11) is 0. The molecular formula is C12H10BrIN2. The second-order valence-electron chi connectivity index (χ2n) is 3.34. The summed E-state index contributed by atoms with van der Waals surface area (Å²) >= 11 is 5.73. The van der Waals surface area contributed by atoms with Crippen molar-refractivity contribution in [3.8, 4) is 0 Å². The van der Waals surface area contributed by atoms with Crippen LogP contribution in [0.4, 0.5) is 5.69 Å². The zero-order valence-electron chi connectivity index (χ0n) is 8.45. The summed E-state index contributed by atoms with van der Waals surface area (Å²) in [6.45, 7) is 0.784. The highest BCUT2D eigenvalue weighted by Crippen LogP contribution is 2.18. The number of pyridine rings is 1. The summed E-state index contributed by atoms with van der Waals surface area (Å²) in [5.74, 6) is 0. The van der Waals surface area contributed by atoms with Gasteiger partial charge in [0.15, 0.2) is 0 Å². The van der Waals surface area contributed by atoms with Crippen molar-refractivity contribution >= 4 is 44.2 Å².